The third-order valence-electron chi connectivity index (χ3n) is 4.89. The minimum absolute atomic E-state index is 0.340. The third kappa shape index (κ3) is 4.83. The van der Waals surface area contributed by atoms with Crippen molar-refractivity contribution < 1.29 is 9.53 Å². The molecule has 8 nitrogen and oxygen atoms in total. The summed E-state index contributed by atoms with van der Waals surface area (Å²) in [6.07, 6.45) is 0.977. The van der Waals surface area contributed by atoms with Crippen molar-refractivity contribution >= 4 is 22.4 Å². The van der Waals surface area contributed by atoms with Crippen LogP contribution in [0.4, 0.5) is 5.13 Å². The van der Waals surface area contributed by atoms with Gasteiger partial charge < -0.3 is 9.64 Å². The number of hydrogen-bond acceptors (Lipinski definition) is 8. The van der Waals surface area contributed by atoms with E-state index in [0.717, 1.165) is 40.4 Å². The summed E-state index contributed by atoms with van der Waals surface area (Å²) < 4.78 is 5.06. The zero-order valence-corrected chi connectivity index (χ0v) is 18.8. The van der Waals surface area contributed by atoms with Crippen LogP contribution in [0.1, 0.15) is 36.3 Å². The van der Waals surface area contributed by atoms with Gasteiger partial charge in [-0.3, -0.25) is 0 Å². The van der Waals surface area contributed by atoms with E-state index in [1.165, 1.54) is 11.3 Å². The van der Waals surface area contributed by atoms with Crippen LogP contribution in [0.15, 0.2) is 53.9 Å². The summed E-state index contributed by atoms with van der Waals surface area (Å²) in [5.41, 5.74) is 4.57. The molecular formula is C23H24N6O2S. The Kier molecular flexibility index (Phi) is 6.86. The number of H-pyrrole nitrogens is 1. The molecule has 32 heavy (non-hydrogen) atoms. The lowest BCUT2D eigenvalue weighted by atomic mass is 9.98. The topological polar surface area (TPSA) is 96.9 Å². The lowest BCUT2D eigenvalue weighted by Gasteiger charge is -2.21. The van der Waals surface area contributed by atoms with Crippen LogP contribution in [0.5, 0.6) is 0 Å². The van der Waals surface area contributed by atoms with Gasteiger partial charge in [0.15, 0.2) is 10.8 Å². The molecule has 0 radical (unpaired) electrons. The quantitative estimate of drug-likeness (QED) is 0.374. The van der Waals surface area contributed by atoms with Gasteiger partial charge in [0.1, 0.15) is 0 Å². The van der Waals surface area contributed by atoms with Crippen molar-refractivity contribution in [1.82, 2.24) is 25.6 Å². The van der Waals surface area contributed by atoms with Crippen LogP contribution in [0.2, 0.25) is 0 Å². The predicted molar refractivity (Wildman–Crippen MR) is 124 cm³/mol. The first-order valence-electron chi connectivity index (χ1n) is 10.5. The van der Waals surface area contributed by atoms with Crippen molar-refractivity contribution in [1.29, 1.82) is 0 Å². The van der Waals surface area contributed by atoms with Crippen molar-refractivity contribution in [3.05, 3.63) is 65.2 Å². The zero-order valence-electron chi connectivity index (χ0n) is 18.0. The highest BCUT2D eigenvalue weighted by atomic mass is 32.1. The Labute approximate surface area is 190 Å². The van der Waals surface area contributed by atoms with Crippen molar-refractivity contribution in [3.8, 4) is 22.5 Å². The summed E-state index contributed by atoms with van der Waals surface area (Å²) >= 11 is 1.46. The number of nitrogens with one attached hydrogen (secondary N) is 1. The maximum absolute atomic E-state index is 12.0. The Bertz CT molecular complexity index is 1160. The Morgan fingerprint density at radius 3 is 2.56 bits per heavy atom. The van der Waals surface area contributed by atoms with E-state index in [9.17, 15) is 4.79 Å². The molecule has 2 aromatic carbocycles. The second kappa shape index (κ2) is 10.1. The molecule has 0 bridgehead atoms. The molecule has 0 atom stereocenters. The van der Waals surface area contributed by atoms with Crippen molar-refractivity contribution in [2.45, 2.75) is 26.8 Å². The molecule has 164 valence electrons. The highest BCUT2D eigenvalue weighted by Crippen LogP contribution is 2.30. The second-order valence-corrected chi connectivity index (χ2v) is 7.97. The molecule has 2 aromatic heterocycles. The molecule has 0 aliphatic heterocycles. The van der Waals surface area contributed by atoms with E-state index < -0.39 is 0 Å². The van der Waals surface area contributed by atoms with E-state index in [2.05, 4.69) is 67.8 Å². The largest absolute Gasteiger partial charge is 0.461 e. The van der Waals surface area contributed by atoms with Gasteiger partial charge in [0.25, 0.3) is 0 Å². The number of hydrogen-bond donors (Lipinski definition) is 1. The number of nitrogens with zero attached hydrogens (tertiary/aromatic N) is 5. The number of anilines is 1. The highest BCUT2D eigenvalue weighted by molar-refractivity contribution is 7.13. The van der Waals surface area contributed by atoms with Crippen LogP contribution in [-0.4, -0.2) is 44.7 Å². The number of benzene rings is 2. The Hall–Kier alpha value is -3.59. The average Bonchev–Trinajstić information content (AvgIpc) is 3.52. The molecule has 0 saturated carbocycles. The van der Waals surface area contributed by atoms with Crippen LogP contribution >= 0.6 is 11.3 Å². The maximum atomic E-state index is 12.0. The molecule has 0 fully saturated rings. The molecule has 0 aliphatic carbocycles. The summed E-state index contributed by atoms with van der Waals surface area (Å²) in [5.74, 6) is 0.191. The summed E-state index contributed by atoms with van der Waals surface area (Å²) in [5, 5.41) is 17.0. The fourth-order valence-corrected chi connectivity index (χ4v) is 4.26. The first-order valence-corrected chi connectivity index (χ1v) is 11.4. The van der Waals surface area contributed by atoms with Gasteiger partial charge in [-0.15, -0.1) is 21.5 Å². The molecule has 9 heteroatoms. The van der Waals surface area contributed by atoms with Gasteiger partial charge in [-0.25, -0.2) is 9.78 Å². The number of ether oxygens (including phenoxy) is 1. The van der Waals surface area contributed by atoms with Crippen molar-refractivity contribution in [3.63, 3.8) is 0 Å². The smallest absolute Gasteiger partial charge is 0.357 e. The van der Waals surface area contributed by atoms with Crippen LogP contribution in [-0.2, 0) is 11.3 Å². The monoisotopic (exact) mass is 448 g/mol. The Morgan fingerprint density at radius 2 is 1.88 bits per heavy atom. The molecular weight excluding hydrogens is 424 g/mol. The first kappa shape index (κ1) is 21.6. The number of esters is 1. The molecule has 0 unspecified atom stereocenters. The SMILES string of the molecule is CCCN(Cc1ccc(-c2ccccc2-c2nn[nH]n2)cc1)c1nc(C(=O)OCC)cs1. The number of aromatic nitrogens is 5. The maximum Gasteiger partial charge on any atom is 0.357 e. The summed E-state index contributed by atoms with van der Waals surface area (Å²) in [4.78, 5) is 18.7. The minimum Gasteiger partial charge on any atom is -0.461 e. The third-order valence-corrected chi connectivity index (χ3v) is 5.79. The van der Waals surface area contributed by atoms with E-state index in [4.69, 9.17) is 4.74 Å². The van der Waals surface area contributed by atoms with E-state index in [1.807, 2.05) is 18.2 Å². The van der Waals surface area contributed by atoms with Crippen molar-refractivity contribution in [2.24, 2.45) is 0 Å². The molecule has 4 aromatic rings. The number of tetrazole rings is 1. The van der Waals surface area contributed by atoms with Gasteiger partial charge >= 0.3 is 5.97 Å². The first-order chi connectivity index (χ1) is 15.7. The summed E-state index contributed by atoms with van der Waals surface area (Å²) in [6, 6.07) is 16.4. The van der Waals surface area contributed by atoms with Gasteiger partial charge in [-0.2, -0.15) is 5.21 Å². The van der Waals surface area contributed by atoms with Crippen LogP contribution in [0.25, 0.3) is 22.5 Å². The normalized spacial score (nSPS) is 10.8. The fraction of sp³-hybridized carbons (Fsp3) is 0.261. The van der Waals surface area contributed by atoms with E-state index in [1.54, 1.807) is 12.3 Å². The number of carbonyl (C=O) groups is 1. The van der Waals surface area contributed by atoms with Gasteiger partial charge in [-0.05, 0) is 35.2 Å². The molecule has 0 saturated heterocycles. The van der Waals surface area contributed by atoms with E-state index in [-0.39, 0.29) is 5.97 Å². The van der Waals surface area contributed by atoms with Crippen LogP contribution in [0.3, 0.4) is 0 Å². The molecule has 0 spiro atoms. The van der Waals surface area contributed by atoms with Gasteiger partial charge in [-0.1, -0.05) is 55.5 Å². The van der Waals surface area contributed by atoms with E-state index >= 15 is 0 Å². The lowest BCUT2D eigenvalue weighted by molar-refractivity contribution is 0.0520. The predicted octanol–water partition coefficient (Wildman–Crippen LogP) is 4.58. The summed E-state index contributed by atoms with van der Waals surface area (Å²) in [7, 11) is 0. The fourth-order valence-electron chi connectivity index (χ4n) is 3.44. The van der Waals surface area contributed by atoms with Crippen molar-refractivity contribution in [2.75, 3.05) is 18.1 Å². The van der Waals surface area contributed by atoms with Gasteiger partial charge in [0, 0.05) is 24.0 Å². The van der Waals surface area contributed by atoms with Crippen LogP contribution in [0, 0.1) is 0 Å². The lowest BCUT2D eigenvalue weighted by Crippen LogP contribution is -2.23. The summed E-state index contributed by atoms with van der Waals surface area (Å²) in [6.45, 7) is 5.81. The molecule has 0 amide bonds. The van der Waals surface area contributed by atoms with E-state index in [0.29, 0.717) is 24.7 Å². The van der Waals surface area contributed by atoms with Crippen LogP contribution < -0.4 is 4.90 Å². The van der Waals surface area contributed by atoms with Gasteiger partial charge in [0.05, 0.1) is 6.61 Å². The Morgan fingerprint density at radius 1 is 1.09 bits per heavy atom. The molecule has 2 heterocycles. The second-order valence-electron chi connectivity index (χ2n) is 7.14. The molecule has 1 N–H and O–H groups in total. The average molecular weight is 449 g/mol. The highest BCUT2D eigenvalue weighted by Gasteiger charge is 2.16. The van der Waals surface area contributed by atoms with Gasteiger partial charge in [0.2, 0.25) is 5.82 Å². The standard InChI is InChI=1S/C23H24N6O2S/c1-3-13-29(23-24-20(15-32-23)22(30)31-4-2)14-16-9-11-17(12-10-16)18-7-5-6-8-19(18)21-25-27-28-26-21/h5-12,15H,3-4,13-14H2,1-2H3,(H,25,26,27,28). The minimum atomic E-state index is -0.379. The number of thiazole rings is 1. The Balaban J connectivity index is 1.53. The molecule has 4 rings (SSSR count). The number of carbonyl (C=O) groups excluding carboxylic acids is 1. The molecule has 0 aliphatic rings. The zero-order chi connectivity index (χ0) is 22.3. The number of aromatic amines is 1. The number of rotatable bonds is 9.